The molecule has 0 unspecified atom stereocenters. The Morgan fingerprint density at radius 1 is 1.24 bits per heavy atom. The monoisotopic (exact) mass is 293 g/mol. The Hall–Kier alpha value is -1.92. The number of carbonyl (C=O) groups excluding carboxylic acids is 1. The van der Waals surface area contributed by atoms with Gasteiger partial charge in [-0.05, 0) is 26.0 Å². The van der Waals surface area contributed by atoms with E-state index >= 15 is 0 Å². The highest BCUT2D eigenvalue weighted by molar-refractivity contribution is 5.94. The van der Waals surface area contributed by atoms with Crippen molar-refractivity contribution in [1.82, 2.24) is 0 Å². The van der Waals surface area contributed by atoms with Crippen molar-refractivity contribution in [2.45, 2.75) is 26.6 Å². The van der Waals surface area contributed by atoms with Crippen LogP contribution in [0.15, 0.2) is 24.3 Å². The van der Waals surface area contributed by atoms with E-state index in [9.17, 15) is 9.59 Å². The Morgan fingerprint density at radius 2 is 1.81 bits per heavy atom. The Kier molecular flexibility index (Phi) is 4.59. The third-order valence-electron chi connectivity index (χ3n) is 3.27. The first-order valence-corrected chi connectivity index (χ1v) is 6.75. The smallest absolute Gasteiger partial charge is 0.309 e. The van der Waals surface area contributed by atoms with Gasteiger partial charge in [0.25, 0.3) is 0 Å². The molecule has 0 saturated carbocycles. The number of hydrogen-bond donors (Lipinski definition) is 2. The zero-order valence-electron chi connectivity index (χ0n) is 12.1. The third kappa shape index (κ3) is 4.03. The summed E-state index contributed by atoms with van der Waals surface area (Å²) in [5.74, 6) is -1.33. The lowest BCUT2D eigenvalue weighted by Gasteiger charge is -2.18. The van der Waals surface area contributed by atoms with E-state index in [1.54, 1.807) is 12.1 Å². The van der Waals surface area contributed by atoms with Crippen molar-refractivity contribution in [3.63, 3.8) is 0 Å². The number of amides is 1. The standard InChI is InChI=1S/C15H19NO5/c1-15(2,14(18)19)9-12(17)16-11-5-3-10(4-6-11)13-20-7-8-21-13/h3-6,13H,7-9H2,1-2H3,(H,16,17)(H,18,19). The number of aliphatic carboxylic acids is 1. The van der Waals surface area contributed by atoms with Gasteiger partial charge in [-0.15, -0.1) is 0 Å². The van der Waals surface area contributed by atoms with Crippen LogP contribution in [0.25, 0.3) is 0 Å². The lowest BCUT2D eigenvalue weighted by Crippen LogP contribution is -2.29. The quantitative estimate of drug-likeness (QED) is 0.869. The van der Waals surface area contributed by atoms with Gasteiger partial charge < -0.3 is 19.9 Å². The number of hydrogen-bond acceptors (Lipinski definition) is 4. The van der Waals surface area contributed by atoms with Crippen LogP contribution in [0.4, 0.5) is 5.69 Å². The van der Waals surface area contributed by atoms with Crippen LogP contribution in [0.5, 0.6) is 0 Å². The van der Waals surface area contributed by atoms with Gasteiger partial charge in [0.1, 0.15) is 0 Å². The summed E-state index contributed by atoms with van der Waals surface area (Å²) in [7, 11) is 0. The van der Waals surface area contributed by atoms with Crippen molar-refractivity contribution in [3.8, 4) is 0 Å². The molecule has 0 atom stereocenters. The first-order chi connectivity index (χ1) is 9.88. The number of anilines is 1. The molecule has 0 aliphatic carbocycles. The summed E-state index contributed by atoms with van der Waals surface area (Å²) in [4.78, 5) is 22.8. The molecular formula is C15H19NO5. The number of nitrogens with one attached hydrogen (secondary N) is 1. The Labute approximate surface area is 123 Å². The van der Waals surface area contributed by atoms with E-state index in [1.165, 1.54) is 13.8 Å². The minimum Gasteiger partial charge on any atom is -0.481 e. The molecule has 2 rings (SSSR count). The molecule has 21 heavy (non-hydrogen) atoms. The van der Waals surface area contributed by atoms with Crippen molar-refractivity contribution in [2.24, 2.45) is 5.41 Å². The van der Waals surface area contributed by atoms with Crippen molar-refractivity contribution < 1.29 is 24.2 Å². The van der Waals surface area contributed by atoms with Crippen LogP contribution in [-0.2, 0) is 19.1 Å². The second-order valence-corrected chi connectivity index (χ2v) is 5.61. The van der Waals surface area contributed by atoms with Gasteiger partial charge in [0.05, 0.1) is 18.6 Å². The van der Waals surface area contributed by atoms with Crippen LogP contribution in [0.3, 0.4) is 0 Å². The summed E-state index contributed by atoms with van der Waals surface area (Å²) in [6.45, 7) is 4.19. The van der Waals surface area contributed by atoms with E-state index < -0.39 is 11.4 Å². The zero-order valence-corrected chi connectivity index (χ0v) is 12.1. The maximum absolute atomic E-state index is 11.8. The summed E-state index contributed by atoms with van der Waals surface area (Å²) in [5, 5.41) is 11.7. The molecule has 0 radical (unpaired) electrons. The molecule has 1 aromatic rings. The van der Waals surface area contributed by atoms with Crippen LogP contribution in [0, 0.1) is 5.41 Å². The van der Waals surface area contributed by atoms with Gasteiger partial charge in [-0.1, -0.05) is 12.1 Å². The van der Waals surface area contributed by atoms with Crippen LogP contribution in [0.2, 0.25) is 0 Å². The topological polar surface area (TPSA) is 84.9 Å². The van der Waals surface area contributed by atoms with E-state index in [1.807, 2.05) is 12.1 Å². The van der Waals surface area contributed by atoms with E-state index in [4.69, 9.17) is 14.6 Å². The van der Waals surface area contributed by atoms with Gasteiger partial charge in [-0.2, -0.15) is 0 Å². The van der Waals surface area contributed by atoms with E-state index in [2.05, 4.69) is 5.32 Å². The molecule has 1 saturated heterocycles. The van der Waals surface area contributed by atoms with Crippen LogP contribution >= 0.6 is 0 Å². The Balaban J connectivity index is 1.93. The van der Waals surface area contributed by atoms with Crippen LogP contribution < -0.4 is 5.32 Å². The minimum atomic E-state index is -1.09. The molecule has 114 valence electrons. The highest BCUT2D eigenvalue weighted by atomic mass is 16.7. The SMILES string of the molecule is CC(C)(CC(=O)Nc1ccc(C2OCCO2)cc1)C(=O)O. The first-order valence-electron chi connectivity index (χ1n) is 6.75. The number of benzene rings is 1. The average molecular weight is 293 g/mol. The molecule has 1 aliphatic heterocycles. The zero-order chi connectivity index (χ0) is 15.5. The molecule has 0 spiro atoms. The Morgan fingerprint density at radius 3 is 2.33 bits per heavy atom. The van der Waals surface area contributed by atoms with Crippen LogP contribution in [-0.4, -0.2) is 30.2 Å². The second-order valence-electron chi connectivity index (χ2n) is 5.61. The van der Waals surface area contributed by atoms with Gasteiger partial charge in [0.15, 0.2) is 6.29 Å². The van der Waals surface area contributed by atoms with E-state index in [0.29, 0.717) is 18.9 Å². The summed E-state index contributed by atoms with van der Waals surface area (Å²) >= 11 is 0. The van der Waals surface area contributed by atoms with Crippen molar-refractivity contribution in [2.75, 3.05) is 18.5 Å². The van der Waals surface area contributed by atoms with Gasteiger partial charge >= 0.3 is 5.97 Å². The van der Waals surface area contributed by atoms with Crippen molar-refractivity contribution >= 4 is 17.6 Å². The predicted molar refractivity (Wildman–Crippen MR) is 75.8 cm³/mol. The highest BCUT2D eigenvalue weighted by Crippen LogP contribution is 2.25. The fourth-order valence-corrected chi connectivity index (χ4v) is 1.96. The number of ether oxygens (including phenoxy) is 2. The van der Waals surface area contributed by atoms with E-state index in [0.717, 1.165) is 5.56 Å². The number of carboxylic acids is 1. The van der Waals surface area contributed by atoms with Gasteiger partial charge in [-0.3, -0.25) is 9.59 Å². The van der Waals surface area contributed by atoms with Gasteiger partial charge in [-0.25, -0.2) is 0 Å². The molecule has 1 amide bonds. The molecule has 1 aromatic carbocycles. The number of carbonyl (C=O) groups is 2. The summed E-state index contributed by atoms with van der Waals surface area (Å²) < 4.78 is 10.8. The third-order valence-corrected chi connectivity index (χ3v) is 3.27. The maximum atomic E-state index is 11.8. The lowest BCUT2D eigenvalue weighted by molar-refractivity contribution is -0.148. The van der Waals surface area contributed by atoms with Crippen molar-refractivity contribution in [3.05, 3.63) is 29.8 Å². The molecule has 0 bridgehead atoms. The lowest BCUT2D eigenvalue weighted by atomic mass is 9.89. The van der Waals surface area contributed by atoms with E-state index in [-0.39, 0.29) is 18.6 Å². The first kappa shape index (κ1) is 15.5. The molecular weight excluding hydrogens is 274 g/mol. The largest absolute Gasteiger partial charge is 0.481 e. The molecule has 1 aliphatic rings. The number of rotatable bonds is 5. The molecule has 6 nitrogen and oxygen atoms in total. The van der Waals surface area contributed by atoms with Gasteiger partial charge in [0.2, 0.25) is 5.91 Å². The predicted octanol–water partition coefficient (Wildman–Crippen LogP) is 2.17. The molecule has 6 heteroatoms. The summed E-state index contributed by atoms with van der Waals surface area (Å²) in [5.41, 5.74) is 0.412. The fraction of sp³-hybridized carbons (Fsp3) is 0.467. The minimum absolute atomic E-state index is 0.0844. The fourth-order valence-electron chi connectivity index (χ4n) is 1.96. The van der Waals surface area contributed by atoms with Crippen LogP contribution in [0.1, 0.15) is 32.1 Å². The highest BCUT2D eigenvalue weighted by Gasteiger charge is 2.30. The normalized spacial score (nSPS) is 15.9. The van der Waals surface area contributed by atoms with Gasteiger partial charge in [0, 0.05) is 17.7 Å². The molecule has 1 heterocycles. The summed E-state index contributed by atoms with van der Waals surface area (Å²) in [6, 6.07) is 7.11. The Bertz CT molecular complexity index is 517. The maximum Gasteiger partial charge on any atom is 0.309 e. The molecule has 2 N–H and O–H groups in total. The molecule has 0 aromatic heterocycles. The number of carboxylic acid groups (broad SMARTS) is 1. The summed E-state index contributed by atoms with van der Waals surface area (Å²) in [6.07, 6.45) is -0.431. The molecule has 1 fully saturated rings. The second kappa shape index (κ2) is 6.24. The van der Waals surface area contributed by atoms with Crippen molar-refractivity contribution in [1.29, 1.82) is 0 Å². The average Bonchev–Trinajstić information content (AvgIpc) is 2.92.